The number of furan rings is 1. The molecule has 0 aliphatic heterocycles. The first-order chi connectivity index (χ1) is 6.90. The minimum absolute atomic E-state index is 0.514. The van der Waals surface area contributed by atoms with Crippen LogP contribution in [-0.4, -0.2) is 0 Å². The molecule has 1 fully saturated rings. The van der Waals surface area contributed by atoms with Crippen molar-refractivity contribution in [2.75, 3.05) is 0 Å². The molecule has 2 N–H and O–H groups in total. The van der Waals surface area contributed by atoms with Gasteiger partial charge in [-0.05, 0) is 24.8 Å². The third-order valence-corrected chi connectivity index (χ3v) is 2.88. The van der Waals surface area contributed by atoms with Crippen LogP contribution in [0.1, 0.15) is 30.1 Å². The van der Waals surface area contributed by atoms with Crippen LogP contribution >= 0.6 is 0 Å². The Kier molecular flexibility index (Phi) is 1.64. The van der Waals surface area contributed by atoms with Gasteiger partial charge in [-0.2, -0.15) is 0 Å². The molecule has 0 saturated heterocycles. The van der Waals surface area contributed by atoms with Crippen LogP contribution in [0.25, 0.3) is 11.0 Å². The van der Waals surface area contributed by atoms with Gasteiger partial charge in [-0.1, -0.05) is 18.2 Å². The molecule has 0 amide bonds. The summed E-state index contributed by atoms with van der Waals surface area (Å²) in [6, 6.07) is 8.21. The fourth-order valence-electron chi connectivity index (χ4n) is 2.09. The van der Waals surface area contributed by atoms with Gasteiger partial charge in [0.15, 0.2) is 0 Å². The van der Waals surface area contributed by atoms with Crippen LogP contribution < -0.4 is 5.73 Å². The van der Waals surface area contributed by atoms with Crippen LogP contribution in [0.5, 0.6) is 0 Å². The van der Waals surface area contributed by atoms with Gasteiger partial charge in [0.05, 0.1) is 6.54 Å². The van der Waals surface area contributed by atoms with Gasteiger partial charge in [-0.25, -0.2) is 0 Å². The molecular weight excluding hydrogens is 174 g/mol. The molecule has 2 heteroatoms. The van der Waals surface area contributed by atoms with Gasteiger partial charge < -0.3 is 10.2 Å². The SMILES string of the molecule is NCc1oc2ccccc2c1C1CC1. The minimum atomic E-state index is 0.514. The zero-order valence-electron chi connectivity index (χ0n) is 7.99. The molecule has 0 atom stereocenters. The first kappa shape index (κ1) is 8.06. The van der Waals surface area contributed by atoms with Gasteiger partial charge in [0.2, 0.25) is 0 Å². The average Bonchev–Trinajstić information content (AvgIpc) is 2.98. The van der Waals surface area contributed by atoms with E-state index in [-0.39, 0.29) is 0 Å². The number of hydrogen-bond acceptors (Lipinski definition) is 2. The molecule has 1 aliphatic carbocycles. The summed E-state index contributed by atoms with van der Waals surface area (Å²) in [5.41, 5.74) is 8.03. The number of para-hydroxylation sites is 1. The maximum atomic E-state index is 5.72. The lowest BCUT2D eigenvalue weighted by atomic mass is 10.1. The van der Waals surface area contributed by atoms with Crippen molar-refractivity contribution in [1.29, 1.82) is 0 Å². The fourth-order valence-corrected chi connectivity index (χ4v) is 2.09. The molecule has 1 saturated carbocycles. The van der Waals surface area contributed by atoms with Crippen molar-refractivity contribution in [1.82, 2.24) is 0 Å². The number of fused-ring (bicyclic) bond motifs is 1. The molecule has 1 heterocycles. The first-order valence-corrected chi connectivity index (χ1v) is 5.10. The predicted molar refractivity (Wildman–Crippen MR) is 56.1 cm³/mol. The summed E-state index contributed by atoms with van der Waals surface area (Å²) in [5.74, 6) is 1.69. The molecule has 14 heavy (non-hydrogen) atoms. The van der Waals surface area contributed by atoms with E-state index in [1.807, 2.05) is 12.1 Å². The quantitative estimate of drug-likeness (QED) is 0.785. The highest BCUT2D eigenvalue weighted by Gasteiger charge is 2.29. The first-order valence-electron chi connectivity index (χ1n) is 5.10. The van der Waals surface area contributed by atoms with Crippen molar-refractivity contribution in [3.63, 3.8) is 0 Å². The van der Waals surface area contributed by atoms with E-state index in [4.69, 9.17) is 10.2 Å². The monoisotopic (exact) mass is 187 g/mol. The molecule has 0 spiro atoms. The average molecular weight is 187 g/mol. The standard InChI is InChI=1S/C12H13NO/c13-7-11-12(8-5-6-8)9-3-1-2-4-10(9)14-11/h1-4,8H,5-7,13H2. The van der Waals surface area contributed by atoms with E-state index in [2.05, 4.69) is 12.1 Å². The van der Waals surface area contributed by atoms with Crippen LogP contribution in [0.3, 0.4) is 0 Å². The summed E-state index contributed by atoms with van der Waals surface area (Å²) in [6.07, 6.45) is 2.58. The smallest absolute Gasteiger partial charge is 0.134 e. The molecule has 2 nitrogen and oxygen atoms in total. The Morgan fingerprint density at radius 3 is 2.79 bits per heavy atom. The highest BCUT2D eigenvalue weighted by molar-refractivity contribution is 5.83. The Labute approximate surface area is 82.7 Å². The highest BCUT2D eigenvalue weighted by Crippen LogP contribution is 2.45. The Hall–Kier alpha value is -1.28. The number of nitrogens with two attached hydrogens (primary N) is 1. The second-order valence-electron chi connectivity index (χ2n) is 3.91. The van der Waals surface area contributed by atoms with Gasteiger partial charge in [-0.15, -0.1) is 0 Å². The van der Waals surface area contributed by atoms with E-state index in [1.54, 1.807) is 0 Å². The van der Waals surface area contributed by atoms with E-state index in [0.29, 0.717) is 12.5 Å². The molecule has 3 rings (SSSR count). The van der Waals surface area contributed by atoms with Crippen LogP contribution in [-0.2, 0) is 6.54 Å². The molecule has 1 aliphatic rings. The van der Waals surface area contributed by atoms with Gasteiger partial charge >= 0.3 is 0 Å². The Morgan fingerprint density at radius 1 is 1.29 bits per heavy atom. The third kappa shape index (κ3) is 1.07. The lowest BCUT2D eigenvalue weighted by Crippen LogP contribution is -1.97. The van der Waals surface area contributed by atoms with Crippen molar-refractivity contribution in [2.45, 2.75) is 25.3 Å². The molecule has 72 valence electrons. The van der Waals surface area contributed by atoms with Crippen molar-refractivity contribution < 1.29 is 4.42 Å². The van der Waals surface area contributed by atoms with Crippen LogP contribution in [0, 0.1) is 0 Å². The predicted octanol–water partition coefficient (Wildman–Crippen LogP) is 2.77. The maximum absolute atomic E-state index is 5.72. The van der Waals surface area contributed by atoms with E-state index in [0.717, 1.165) is 11.3 Å². The Bertz CT molecular complexity index is 468. The number of rotatable bonds is 2. The zero-order chi connectivity index (χ0) is 9.54. The Balaban J connectivity index is 2.29. The van der Waals surface area contributed by atoms with Crippen molar-refractivity contribution in [3.05, 3.63) is 35.6 Å². The molecule has 1 aromatic heterocycles. The van der Waals surface area contributed by atoms with Gasteiger partial charge in [-0.3, -0.25) is 0 Å². The Morgan fingerprint density at radius 2 is 2.07 bits per heavy atom. The van der Waals surface area contributed by atoms with E-state index < -0.39 is 0 Å². The summed E-state index contributed by atoms with van der Waals surface area (Å²) in [7, 11) is 0. The van der Waals surface area contributed by atoms with Crippen LogP contribution in [0.2, 0.25) is 0 Å². The molecule has 2 aromatic rings. The van der Waals surface area contributed by atoms with Crippen molar-refractivity contribution >= 4 is 11.0 Å². The second-order valence-corrected chi connectivity index (χ2v) is 3.91. The van der Waals surface area contributed by atoms with E-state index in [1.165, 1.54) is 23.8 Å². The number of hydrogen-bond donors (Lipinski definition) is 1. The summed E-state index contributed by atoms with van der Waals surface area (Å²) < 4.78 is 5.72. The fraction of sp³-hybridized carbons (Fsp3) is 0.333. The summed E-state index contributed by atoms with van der Waals surface area (Å²) in [4.78, 5) is 0. The van der Waals surface area contributed by atoms with Crippen molar-refractivity contribution in [2.24, 2.45) is 5.73 Å². The third-order valence-electron chi connectivity index (χ3n) is 2.88. The van der Waals surface area contributed by atoms with Gasteiger partial charge in [0.1, 0.15) is 11.3 Å². The minimum Gasteiger partial charge on any atom is -0.459 e. The second kappa shape index (κ2) is 2.85. The number of benzene rings is 1. The largest absolute Gasteiger partial charge is 0.459 e. The van der Waals surface area contributed by atoms with E-state index >= 15 is 0 Å². The lowest BCUT2D eigenvalue weighted by Gasteiger charge is -1.96. The molecule has 0 unspecified atom stereocenters. The lowest BCUT2D eigenvalue weighted by molar-refractivity contribution is 0.546. The molecule has 1 aromatic carbocycles. The topological polar surface area (TPSA) is 39.2 Å². The normalized spacial score (nSPS) is 16.4. The van der Waals surface area contributed by atoms with E-state index in [9.17, 15) is 0 Å². The highest BCUT2D eigenvalue weighted by atomic mass is 16.3. The summed E-state index contributed by atoms with van der Waals surface area (Å²) >= 11 is 0. The molecule has 0 radical (unpaired) electrons. The van der Waals surface area contributed by atoms with Crippen LogP contribution in [0.4, 0.5) is 0 Å². The van der Waals surface area contributed by atoms with Gasteiger partial charge in [0, 0.05) is 10.9 Å². The maximum Gasteiger partial charge on any atom is 0.134 e. The van der Waals surface area contributed by atoms with Gasteiger partial charge in [0.25, 0.3) is 0 Å². The van der Waals surface area contributed by atoms with Crippen LogP contribution in [0.15, 0.2) is 28.7 Å². The van der Waals surface area contributed by atoms with Crippen molar-refractivity contribution in [3.8, 4) is 0 Å². The zero-order valence-corrected chi connectivity index (χ0v) is 7.99. The summed E-state index contributed by atoms with van der Waals surface area (Å²) in [5, 5.41) is 1.26. The molecular formula is C12H13NO. The molecule has 0 bridgehead atoms. The summed E-state index contributed by atoms with van der Waals surface area (Å²) in [6.45, 7) is 0.514.